The number of rotatable bonds is 2. The number of ketones is 1. The molecule has 2 aliphatic rings. The van der Waals surface area contributed by atoms with Gasteiger partial charge >= 0.3 is 0 Å². The Kier molecular flexibility index (Phi) is 3.84. The molecule has 0 saturated carbocycles. The molecule has 2 heterocycles. The minimum Gasteiger partial charge on any atom is -0.309 e. The van der Waals surface area contributed by atoms with E-state index in [1.807, 2.05) is 36.4 Å². The Labute approximate surface area is 145 Å². The van der Waals surface area contributed by atoms with Gasteiger partial charge in [0.15, 0.2) is 5.78 Å². The predicted molar refractivity (Wildman–Crippen MR) is 94.7 cm³/mol. The fraction of sp³-hybridized carbons (Fsp3) is 0.250. The fourth-order valence-electron chi connectivity index (χ4n) is 3.65. The van der Waals surface area contributed by atoms with E-state index in [4.69, 9.17) is 0 Å². The molecule has 0 spiro atoms. The normalized spacial score (nSPS) is 19.9. The van der Waals surface area contributed by atoms with Crippen LogP contribution in [0.1, 0.15) is 29.6 Å². The first-order chi connectivity index (χ1) is 12.2. The first-order valence-corrected chi connectivity index (χ1v) is 8.47. The standard InChI is InChI=1S/C20H18N2O3/c23-18-12-13-21(16-9-5-4-8-15(16)18)20(25)17-10-11-19(24)22(17)14-6-2-1-3-7-14/h1-9,17H,10-13H2. The number of amides is 2. The van der Waals surface area contributed by atoms with Gasteiger partial charge in [0.2, 0.25) is 11.8 Å². The molecular formula is C20H18N2O3. The number of hydrogen-bond donors (Lipinski definition) is 0. The largest absolute Gasteiger partial charge is 0.309 e. The number of nitrogens with zero attached hydrogens (tertiary/aromatic N) is 2. The monoisotopic (exact) mass is 334 g/mol. The zero-order chi connectivity index (χ0) is 17.4. The Balaban J connectivity index is 1.68. The van der Waals surface area contributed by atoms with Gasteiger partial charge in [0, 0.05) is 30.6 Å². The maximum Gasteiger partial charge on any atom is 0.250 e. The van der Waals surface area contributed by atoms with Crippen molar-refractivity contribution in [3.63, 3.8) is 0 Å². The summed E-state index contributed by atoms with van der Waals surface area (Å²) in [4.78, 5) is 41.0. The average molecular weight is 334 g/mol. The van der Waals surface area contributed by atoms with Gasteiger partial charge in [0.1, 0.15) is 6.04 Å². The molecule has 5 heteroatoms. The minimum atomic E-state index is -0.517. The van der Waals surface area contributed by atoms with Crippen molar-refractivity contribution in [3.8, 4) is 0 Å². The Morgan fingerprint density at radius 1 is 0.920 bits per heavy atom. The smallest absolute Gasteiger partial charge is 0.250 e. The molecule has 1 saturated heterocycles. The number of fused-ring (bicyclic) bond motifs is 1. The minimum absolute atomic E-state index is 0.0362. The number of para-hydroxylation sites is 2. The van der Waals surface area contributed by atoms with Crippen molar-refractivity contribution >= 4 is 29.0 Å². The molecule has 25 heavy (non-hydrogen) atoms. The summed E-state index contributed by atoms with van der Waals surface area (Å²) in [6.45, 7) is 0.363. The van der Waals surface area contributed by atoms with E-state index in [1.165, 1.54) is 0 Å². The molecule has 0 bridgehead atoms. The highest BCUT2D eigenvalue weighted by Gasteiger charge is 2.40. The molecular weight excluding hydrogens is 316 g/mol. The molecule has 2 amide bonds. The summed E-state index contributed by atoms with van der Waals surface area (Å²) in [5, 5.41) is 0. The van der Waals surface area contributed by atoms with Crippen LogP contribution >= 0.6 is 0 Å². The summed E-state index contributed by atoms with van der Waals surface area (Å²) in [6.07, 6.45) is 1.17. The van der Waals surface area contributed by atoms with Crippen LogP contribution in [-0.2, 0) is 9.59 Å². The lowest BCUT2D eigenvalue weighted by molar-refractivity contribution is -0.122. The van der Waals surface area contributed by atoms with Crippen molar-refractivity contribution in [1.29, 1.82) is 0 Å². The molecule has 2 aromatic rings. The van der Waals surface area contributed by atoms with Crippen molar-refractivity contribution in [2.45, 2.75) is 25.3 Å². The molecule has 0 aromatic heterocycles. The molecule has 1 fully saturated rings. The molecule has 4 rings (SSSR count). The fourth-order valence-corrected chi connectivity index (χ4v) is 3.65. The van der Waals surface area contributed by atoms with Crippen LogP contribution in [0.15, 0.2) is 54.6 Å². The number of Topliss-reactive ketones (excluding diaryl/α,β-unsaturated/α-hetero) is 1. The first kappa shape index (κ1) is 15.6. The third kappa shape index (κ3) is 2.61. The van der Waals surface area contributed by atoms with E-state index in [1.54, 1.807) is 28.0 Å². The molecule has 1 unspecified atom stereocenters. The van der Waals surface area contributed by atoms with Crippen molar-refractivity contribution in [2.75, 3.05) is 16.3 Å². The van der Waals surface area contributed by atoms with Crippen LogP contribution in [0.3, 0.4) is 0 Å². The van der Waals surface area contributed by atoms with Gasteiger partial charge in [-0.15, -0.1) is 0 Å². The van der Waals surface area contributed by atoms with E-state index < -0.39 is 6.04 Å². The van der Waals surface area contributed by atoms with Gasteiger partial charge in [-0.1, -0.05) is 30.3 Å². The van der Waals surface area contributed by atoms with Gasteiger partial charge in [-0.2, -0.15) is 0 Å². The van der Waals surface area contributed by atoms with Crippen LogP contribution in [-0.4, -0.2) is 30.2 Å². The Hall–Kier alpha value is -2.95. The average Bonchev–Trinajstić information content (AvgIpc) is 3.04. The van der Waals surface area contributed by atoms with Gasteiger partial charge in [0.05, 0.1) is 5.69 Å². The quantitative estimate of drug-likeness (QED) is 0.848. The highest BCUT2D eigenvalue weighted by atomic mass is 16.2. The van der Waals surface area contributed by atoms with Gasteiger partial charge in [-0.3, -0.25) is 19.3 Å². The maximum absolute atomic E-state index is 13.2. The molecule has 2 aromatic carbocycles. The predicted octanol–water partition coefficient (Wildman–Crippen LogP) is 2.80. The third-order valence-corrected chi connectivity index (χ3v) is 4.86. The van der Waals surface area contributed by atoms with Crippen LogP contribution in [0.2, 0.25) is 0 Å². The summed E-state index contributed by atoms with van der Waals surface area (Å²) in [6, 6.07) is 16.0. The Bertz CT molecular complexity index is 847. The third-order valence-electron chi connectivity index (χ3n) is 4.86. The van der Waals surface area contributed by atoms with Crippen molar-refractivity contribution in [3.05, 3.63) is 60.2 Å². The van der Waals surface area contributed by atoms with E-state index in [2.05, 4.69) is 0 Å². The summed E-state index contributed by atoms with van der Waals surface area (Å²) in [5.41, 5.74) is 1.97. The second-order valence-electron chi connectivity index (χ2n) is 6.33. The number of benzene rings is 2. The van der Waals surface area contributed by atoms with Gasteiger partial charge in [0.25, 0.3) is 0 Å². The van der Waals surface area contributed by atoms with E-state index in [9.17, 15) is 14.4 Å². The lowest BCUT2D eigenvalue weighted by Gasteiger charge is -2.33. The summed E-state index contributed by atoms with van der Waals surface area (Å²) < 4.78 is 0. The SMILES string of the molecule is O=C1CCN(C(=O)C2CCC(=O)N2c2ccccc2)c2ccccc21. The van der Waals surface area contributed by atoms with Crippen molar-refractivity contribution in [2.24, 2.45) is 0 Å². The zero-order valence-electron chi connectivity index (χ0n) is 13.7. The summed E-state index contributed by atoms with van der Waals surface area (Å²) in [5.74, 6) is -0.0948. The Morgan fingerprint density at radius 3 is 2.44 bits per heavy atom. The molecule has 1 atom stereocenters. The maximum atomic E-state index is 13.2. The summed E-state index contributed by atoms with van der Waals surface area (Å²) >= 11 is 0. The molecule has 0 radical (unpaired) electrons. The molecule has 2 aliphatic heterocycles. The summed E-state index contributed by atoms with van der Waals surface area (Å²) in [7, 11) is 0. The molecule has 126 valence electrons. The number of carbonyl (C=O) groups is 3. The van der Waals surface area contributed by atoms with E-state index in [0.29, 0.717) is 37.1 Å². The topological polar surface area (TPSA) is 57.7 Å². The van der Waals surface area contributed by atoms with E-state index >= 15 is 0 Å². The van der Waals surface area contributed by atoms with Gasteiger partial charge in [-0.25, -0.2) is 0 Å². The number of anilines is 2. The molecule has 5 nitrogen and oxygen atoms in total. The van der Waals surface area contributed by atoms with Crippen LogP contribution in [0, 0.1) is 0 Å². The number of hydrogen-bond acceptors (Lipinski definition) is 3. The second-order valence-corrected chi connectivity index (χ2v) is 6.33. The van der Waals surface area contributed by atoms with Crippen LogP contribution in [0.4, 0.5) is 11.4 Å². The van der Waals surface area contributed by atoms with Crippen LogP contribution in [0.25, 0.3) is 0 Å². The van der Waals surface area contributed by atoms with Crippen molar-refractivity contribution in [1.82, 2.24) is 0 Å². The lowest BCUT2D eigenvalue weighted by Crippen LogP contribution is -2.49. The first-order valence-electron chi connectivity index (χ1n) is 8.47. The van der Waals surface area contributed by atoms with Crippen molar-refractivity contribution < 1.29 is 14.4 Å². The van der Waals surface area contributed by atoms with Crippen LogP contribution < -0.4 is 9.80 Å². The number of carbonyl (C=O) groups excluding carboxylic acids is 3. The second kappa shape index (κ2) is 6.16. The zero-order valence-corrected chi connectivity index (χ0v) is 13.7. The highest BCUT2D eigenvalue weighted by molar-refractivity contribution is 6.13. The van der Waals surface area contributed by atoms with Gasteiger partial charge < -0.3 is 4.90 Å². The van der Waals surface area contributed by atoms with E-state index in [0.717, 1.165) is 5.69 Å². The molecule has 0 N–H and O–H groups in total. The highest BCUT2D eigenvalue weighted by Crippen LogP contribution is 2.32. The van der Waals surface area contributed by atoms with Gasteiger partial charge in [-0.05, 0) is 30.7 Å². The van der Waals surface area contributed by atoms with Crippen LogP contribution in [0.5, 0.6) is 0 Å². The lowest BCUT2D eigenvalue weighted by atomic mass is 9.99. The van der Waals surface area contributed by atoms with E-state index in [-0.39, 0.29) is 17.6 Å². The Morgan fingerprint density at radius 2 is 1.64 bits per heavy atom. The molecule has 0 aliphatic carbocycles.